The van der Waals surface area contributed by atoms with Gasteiger partial charge >= 0.3 is 13.1 Å². The predicted octanol–water partition coefficient (Wildman–Crippen LogP) is 4.84. The van der Waals surface area contributed by atoms with Crippen molar-refractivity contribution >= 4 is 41.7 Å². The smallest absolute Gasteiger partial charge is 0.399 e. The number of rotatable bonds is 4. The van der Waals surface area contributed by atoms with Gasteiger partial charge in [-0.05, 0) is 75.8 Å². The van der Waals surface area contributed by atoms with Crippen molar-refractivity contribution in [2.75, 3.05) is 16.9 Å². The third-order valence-corrected chi connectivity index (χ3v) is 5.79. The zero-order chi connectivity index (χ0) is 19.7. The number of thioether (sulfide) groups is 1. The Bertz CT molecular complexity index is 801. The van der Waals surface area contributed by atoms with Crippen LogP contribution in [0.4, 0.5) is 16.2 Å². The molecule has 0 bridgehead atoms. The third kappa shape index (κ3) is 4.48. The van der Waals surface area contributed by atoms with Crippen LogP contribution in [0.3, 0.4) is 0 Å². The summed E-state index contributed by atoms with van der Waals surface area (Å²) in [5, 5.41) is 5.66. The minimum atomic E-state index is -0.409. The Labute approximate surface area is 168 Å². The first kappa shape index (κ1) is 19.8. The molecule has 1 heterocycles. The van der Waals surface area contributed by atoms with E-state index in [4.69, 9.17) is 9.31 Å². The molecule has 0 radical (unpaired) electrons. The van der Waals surface area contributed by atoms with Gasteiger partial charge in [-0.1, -0.05) is 12.1 Å². The Kier molecular flexibility index (Phi) is 5.56. The number of carbonyl (C=O) groups excluding carboxylic acids is 1. The molecule has 27 heavy (non-hydrogen) atoms. The lowest BCUT2D eigenvalue weighted by Crippen LogP contribution is -2.41. The monoisotopic (exact) mass is 388 g/mol. The normalized spacial score (nSPS) is 17.6. The zero-order valence-corrected chi connectivity index (χ0v) is 17.1. The van der Waals surface area contributed by atoms with E-state index < -0.39 is 7.12 Å². The highest BCUT2D eigenvalue weighted by atomic mass is 32.2. The maximum absolute atomic E-state index is 12.2. The Balaban J connectivity index is 0.00000210. The average Bonchev–Trinajstić information content (AvgIpc) is 2.84. The molecule has 2 amide bonds. The number of hydrogen-bond donors (Lipinski definition) is 2. The van der Waals surface area contributed by atoms with Gasteiger partial charge in [0.15, 0.2) is 0 Å². The van der Waals surface area contributed by atoms with Gasteiger partial charge in [0.2, 0.25) is 0 Å². The fourth-order valence-electron chi connectivity index (χ4n) is 2.67. The summed E-state index contributed by atoms with van der Waals surface area (Å²) in [7, 11) is -0.409. The van der Waals surface area contributed by atoms with Crippen LogP contribution in [-0.2, 0) is 9.31 Å². The van der Waals surface area contributed by atoms with Crippen LogP contribution < -0.4 is 16.1 Å². The fourth-order valence-corrected chi connectivity index (χ4v) is 3.08. The summed E-state index contributed by atoms with van der Waals surface area (Å²) in [5.74, 6) is 0. The number of benzene rings is 2. The first-order valence-corrected chi connectivity index (χ1v) is 10.1. The van der Waals surface area contributed by atoms with Crippen LogP contribution in [0.1, 0.15) is 30.5 Å². The SMILES string of the molecule is CSc1ccc(NC(=O)Nc2ccc(B3OC(C)(C)C(C)(C)O3)cc2)cc1.[HH].[HH]. The maximum atomic E-state index is 12.2. The Morgan fingerprint density at radius 1 is 0.889 bits per heavy atom. The van der Waals surface area contributed by atoms with Crippen LogP contribution in [0.2, 0.25) is 0 Å². The van der Waals surface area contributed by atoms with Crippen LogP contribution in [0.25, 0.3) is 0 Å². The summed E-state index contributed by atoms with van der Waals surface area (Å²) in [6.45, 7) is 8.11. The lowest BCUT2D eigenvalue weighted by atomic mass is 9.79. The molecule has 0 atom stereocenters. The zero-order valence-electron chi connectivity index (χ0n) is 16.3. The van der Waals surface area contributed by atoms with Crippen molar-refractivity contribution in [2.24, 2.45) is 0 Å². The molecule has 146 valence electrons. The number of nitrogens with one attached hydrogen (secondary N) is 2. The average molecular weight is 388 g/mol. The van der Waals surface area contributed by atoms with Gasteiger partial charge in [-0.15, -0.1) is 11.8 Å². The summed E-state index contributed by atoms with van der Waals surface area (Å²) in [6, 6.07) is 14.9. The molecule has 0 unspecified atom stereocenters. The molecule has 0 spiro atoms. The molecule has 1 aliphatic heterocycles. The molecule has 0 aliphatic carbocycles. The van der Waals surface area contributed by atoms with Crippen molar-refractivity contribution in [3.05, 3.63) is 48.5 Å². The molecule has 1 saturated heterocycles. The summed E-state index contributed by atoms with van der Waals surface area (Å²) >= 11 is 1.66. The van der Waals surface area contributed by atoms with E-state index in [0.717, 1.165) is 16.0 Å². The van der Waals surface area contributed by atoms with Crippen molar-refractivity contribution in [3.63, 3.8) is 0 Å². The quantitative estimate of drug-likeness (QED) is 0.581. The van der Waals surface area contributed by atoms with Gasteiger partial charge in [-0.25, -0.2) is 4.79 Å². The summed E-state index contributed by atoms with van der Waals surface area (Å²) in [6.07, 6.45) is 2.02. The fraction of sp³-hybridized carbons (Fsp3) is 0.350. The molecule has 2 N–H and O–H groups in total. The molecule has 2 aromatic rings. The van der Waals surface area contributed by atoms with E-state index in [0.29, 0.717) is 5.69 Å². The molecule has 5 nitrogen and oxygen atoms in total. The Hall–Kier alpha value is -1.96. The van der Waals surface area contributed by atoms with Gasteiger partial charge in [-0.3, -0.25) is 0 Å². The van der Waals surface area contributed by atoms with E-state index in [1.807, 2.05) is 82.5 Å². The Morgan fingerprint density at radius 3 is 1.78 bits per heavy atom. The van der Waals surface area contributed by atoms with Crippen molar-refractivity contribution in [2.45, 2.75) is 43.8 Å². The first-order chi connectivity index (χ1) is 12.7. The topological polar surface area (TPSA) is 59.6 Å². The number of amides is 2. The largest absolute Gasteiger partial charge is 0.494 e. The van der Waals surface area contributed by atoms with Gasteiger partial charge in [0.05, 0.1) is 11.2 Å². The maximum Gasteiger partial charge on any atom is 0.494 e. The van der Waals surface area contributed by atoms with Crippen LogP contribution in [0.15, 0.2) is 53.4 Å². The summed E-state index contributed by atoms with van der Waals surface area (Å²) in [5.41, 5.74) is 1.63. The summed E-state index contributed by atoms with van der Waals surface area (Å²) in [4.78, 5) is 13.3. The molecular formula is C20H29BN2O3S. The highest BCUT2D eigenvalue weighted by Crippen LogP contribution is 2.36. The highest BCUT2D eigenvalue weighted by Gasteiger charge is 2.51. The second-order valence-corrected chi connectivity index (χ2v) is 8.40. The minimum absolute atomic E-state index is 0. The second kappa shape index (κ2) is 7.58. The molecule has 0 aromatic heterocycles. The number of hydrogen-bond acceptors (Lipinski definition) is 4. The van der Waals surface area contributed by atoms with Crippen molar-refractivity contribution in [3.8, 4) is 0 Å². The van der Waals surface area contributed by atoms with Gasteiger partial charge in [0, 0.05) is 19.1 Å². The lowest BCUT2D eigenvalue weighted by Gasteiger charge is -2.32. The van der Waals surface area contributed by atoms with E-state index in [-0.39, 0.29) is 20.1 Å². The molecule has 2 aromatic carbocycles. The van der Waals surface area contributed by atoms with Crippen molar-refractivity contribution < 1.29 is 17.0 Å². The first-order valence-electron chi connectivity index (χ1n) is 8.88. The van der Waals surface area contributed by atoms with Gasteiger partial charge in [0.1, 0.15) is 0 Å². The van der Waals surface area contributed by atoms with Crippen molar-refractivity contribution in [1.29, 1.82) is 0 Å². The molecule has 1 aliphatic rings. The molecule has 0 saturated carbocycles. The Morgan fingerprint density at radius 2 is 1.33 bits per heavy atom. The van der Waals surface area contributed by atoms with Crippen molar-refractivity contribution in [1.82, 2.24) is 0 Å². The van der Waals surface area contributed by atoms with Crippen LogP contribution in [-0.4, -0.2) is 30.6 Å². The molecule has 1 fully saturated rings. The van der Waals surface area contributed by atoms with Crippen LogP contribution in [0, 0.1) is 0 Å². The number of urea groups is 1. The van der Waals surface area contributed by atoms with Crippen LogP contribution >= 0.6 is 11.8 Å². The standard InChI is InChI=1S/C20H25BN2O3S.2H2/c1-19(2)20(3,4)26-21(25-19)14-6-8-15(9-7-14)22-18(24)23-16-10-12-17(27-5)13-11-16;;/h6-13H,1-5H3,(H2,22,23,24);2*1H. The van der Waals surface area contributed by atoms with E-state index in [9.17, 15) is 4.79 Å². The predicted molar refractivity (Wildman–Crippen MR) is 117 cm³/mol. The van der Waals surface area contributed by atoms with E-state index in [1.165, 1.54) is 0 Å². The van der Waals surface area contributed by atoms with Gasteiger partial charge in [0.25, 0.3) is 0 Å². The molecule has 3 rings (SSSR count). The number of carbonyl (C=O) groups is 1. The van der Waals surface area contributed by atoms with Crippen LogP contribution in [0.5, 0.6) is 0 Å². The molecular weight excluding hydrogens is 359 g/mol. The third-order valence-electron chi connectivity index (χ3n) is 5.04. The van der Waals surface area contributed by atoms with E-state index in [1.54, 1.807) is 11.8 Å². The van der Waals surface area contributed by atoms with E-state index in [2.05, 4.69) is 10.6 Å². The number of anilines is 2. The highest BCUT2D eigenvalue weighted by molar-refractivity contribution is 7.98. The minimum Gasteiger partial charge on any atom is -0.399 e. The second-order valence-electron chi connectivity index (χ2n) is 7.52. The van der Waals surface area contributed by atoms with Gasteiger partial charge in [-0.2, -0.15) is 0 Å². The van der Waals surface area contributed by atoms with Gasteiger partial charge < -0.3 is 19.9 Å². The van der Waals surface area contributed by atoms with E-state index >= 15 is 0 Å². The lowest BCUT2D eigenvalue weighted by molar-refractivity contribution is 0.00578. The molecule has 7 heteroatoms. The summed E-state index contributed by atoms with van der Waals surface area (Å²) < 4.78 is 12.1.